The van der Waals surface area contributed by atoms with Crippen molar-refractivity contribution >= 4 is 0 Å². The van der Waals surface area contributed by atoms with Gasteiger partial charge in [0.1, 0.15) is 11.6 Å². The van der Waals surface area contributed by atoms with E-state index in [1.807, 2.05) is 32.9 Å². The van der Waals surface area contributed by atoms with E-state index in [4.69, 9.17) is 9.47 Å². The van der Waals surface area contributed by atoms with Crippen LogP contribution in [0.25, 0.3) is 0 Å². The molecule has 2 atom stereocenters. The van der Waals surface area contributed by atoms with E-state index in [0.717, 1.165) is 16.9 Å². The van der Waals surface area contributed by atoms with Crippen LogP contribution in [-0.4, -0.2) is 10.8 Å². The standard InChI is InChI=1S/C19H23FN2O2/c1-12(22-13(2)16-7-8-21-10-17(16)20)14-5-6-18-15(9-14)11-23-19(3,4)24-18/h5-10,12-13,22H,11H2,1-4H3/t12-,13+/m1/s1. The van der Waals surface area contributed by atoms with E-state index in [9.17, 15) is 4.39 Å². The van der Waals surface area contributed by atoms with Gasteiger partial charge >= 0.3 is 0 Å². The second-order valence-electron chi connectivity index (χ2n) is 6.66. The molecule has 0 radical (unpaired) electrons. The van der Waals surface area contributed by atoms with Crippen LogP contribution in [0.1, 0.15) is 56.5 Å². The average Bonchev–Trinajstić information content (AvgIpc) is 2.53. The van der Waals surface area contributed by atoms with Crippen molar-refractivity contribution in [2.45, 2.75) is 52.2 Å². The lowest BCUT2D eigenvalue weighted by Gasteiger charge is -2.33. The molecule has 0 unspecified atom stereocenters. The van der Waals surface area contributed by atoms with Gasteiger partial charge in [-0.05, 0) is 37.6 Å². The molecule has 0 amide bonds. The molecular weight excluding hydrogens is 307 g/mol. The van der Waals surface area contributed by atoms with Gasteiger partial charge in [0.05, 0.1) is 12.8 Å². The Bertz CT molecular complexity index is 733. The maximum absolute atomic E-state index is 13.9. The second-order valence-corrected chi connectivity index (χ2v) is 6.66. The van der Waals surface area contributed by atoms with Gasteiger partial charge in [0, 0.05) is 43.3 Å². The fourth-order valence-corrected chi connectivity index (χ4v) is 2.93. The van der Waals surface area contributed by atoms with E-state index in [1.54, 1.807) is 12.3 Å². The summed E-state index contributed by atoms with van der Waals surface area (Å²) >= 11 is 0. The number of hydrogen-bond donors (Lipinski definition) is 1. The molecule has 0 fully saturated rings. The lowest BCUT2D eigenvalue weighted by molar-refractivity contribution is -0.180. The minimum Gasteiger partial charge on any atom is -0.463 e. The number of hydrogen-bond acceptors (Lipinski definition) is 4. The quantitative estimate of drug-likeness (QED) is 0.909. The van der Waals surface area contributed by atoms with Crippen molar-refractivity contribution in [2.24, 2.45) is 0 Å². The Balaban J connectivity index is 1.74. The molecule has 0 aliphatic carbocycles. The molecule has 4 nitrogen and oxygen atoms in total. The molecule has 0 spiro atoms. The molecule has 1 N–H and O–H groups in total. The Hall–Kier alpha value is -1.98. The smallest absolute Gasteiger partial charge is 0.205 e. The summed E-state index contributed by atoms with van der Waals surface area (Å²) in [6, 6.07) is 7.74. The molecule has 0 bridgehead atoms. The Labute approximate surface area is 142 Å². The molecule has 0 saturated carbocycles. The number of fused-ring (bicyclic) bond motifs is 1. The third-order valence-corrected chi connectivity index (χ3v) is 4.29. The predicted molar refractivity (Wildman–Crippen MR) is 90.1 cm³/mol. The summed E-state index contributed by atoms with van der Waals surface area (Å²) in [5, 5.41) is 3.43. The molecule has 1 aromatic carbocycles. The topological polar surface area (TPSA) is 43.4 Å². The molecule has 1 aromatic heterocycles. The van der Waals surface area contributed by atoms with Gasteiger partial charge in [-0.1, -0.05) is 6.07 Å². The highest BCUT2D eigenvalue weighted by atomic mass is 19.1. The SMILES string of the molecule is C[C@H](N[C@H](C)c1ccc2c(c1)COC(C)(C)O2)c1ccncc1F. The Morgan fingerprint density at radius 1 is 1.21 bits per heavy atom. The van der Waals surface area contributed by atoms with E-state index in [-0.39, 0.29) is 17.9 Å². The summed E-state index contributed by atoms with van der Waals surface area (Å²) in [6.45, 7) is 8.34. The molecule has 128 valence electrons. The van der Waals surface area contributed by atoms with Gasteiger partial charge in [-0.15, -0.1) is 0 Å². The highest BCUT2D eigenvalue weighted by Gasteiger charge is 2.27. The summed E-state index contributed by atoms with van der Waals surface area (Å²) < 4.78 is 25.4. The van der Waals surface area contributed by atoms with Crippen molar-refractivity contribution in [3.05, 3.63) is 59.2 Å². The number of nitrogens with one attached hydrogen (secondary N) is 1. The summed E-state index contributed by atoms with van der Waals surface area (Å²) in [7, 11) is 0. The highest BCUT2D eigenvalue weighted by Crippen LogP contribution is 2.33. The van der Waals surface area contributed by atoms with Crippen LogP contribution < -0.4 is 10.1 Å². The number of ether oxygens (including phenoxy) is 2. The molecule has 0 saturated heterocycles. The van der Waals surface area contributed by atoms with Gasteiger partial charge in [0.2, 0.25) is 5.79 Å². The van der Waals surface area contributed by atoms with Crippen LogP contribution in [0.4, 0.5) is 4.39 Å². The first kappa shape index (κ1) is 16.9. The predicted octanol–water partition coefficient (Wildman–Crippen LogP) is 4.28. The van der Waals surface area contributed by atoms with Gasteiger partial charge in [-0.3, -0.25) is 4.98 Å². The molecular formula is C19H23FN2O2. The molecule has 2 aromatic rings. The van der Waals surface area contributed by atoms with Crippen molar-refractivity contribution < 1.29 is 13.9 Å². The first-order valence-electron chi connectivity index (χ1n) is 8.17. The maximum atomic E-state index is 13.9. The first-order chi connectivity index (χ1) is 11.4. The third kappa shape index (κ3) is 3.57. The van der Waals surface area contributed by atoms with E-state index < -0.39 is 5.79 Å². The van der Waals surface area contributed by atoms with Gasteiger partial charge < -0.3 is 14.8 Å². The van der Waals surface area contributed by atoms with Crippen molar-refractivity contribution in [3.63, 3.8) is 0 Å². The largest absolute Gasteiger partial charge is 0.463 e. The third-order valence-electron chi connectivity index (χ3n) is 4.29. The summed E-state index contributed by atoms with van der Waals surface area (Å²) in [6.07, 6.45) is 2.85. The fourth-order valence-electron chi connectivity index (χ4n) is 2.93. The molecule has 3 rings (SSSR count). The van der Waals surface area contributed by atoms with E-state index in [2.05, 4.69) is 23.3 Å². The van der Waals surface area contributed by atoms with Crippen molar-refractivity contribution in [1.29, 1.82) is 0 Å². The van der Waals surface area contributed by atoms with Crippen molar-refractivity contribution in [1.82, 2.24) is 10.3 Å². The summed E-state index contributed by atoms with van der Waals surface area (Å²) in [5.74, 6) is -0.0271. The number of halogens is 1. The van der Waals surface area contributed by atoms with Gasteiger partial charge in [0.25, 0.3) is 0 Å². The number of pyridine rings is 1. The second kappa shape index (κ2) is 6.49. The minimum atomic E-state index is -0.591. The zero-order valence-corrected chi connectivity index (χ0v) is 14.5. The van der Waals surface area contributed by atoms with Gasteiger partial charge in [-0.25, -0.2) is 4.39 Å². The molecule has 5 heteroatoms. The van der Waals surface area contributed by atoms with Crippen molar-refractivity contribution in [3.8, 4) is 5.75 Å². The van der Waals surface area contributed by atoms with E-state index >= 15 is 0 Å². The van der Waals surface area contributed by atoms with Crippen LogP contribution in [0.3, 0.4) is 0 Å². The summed E-state index contributed by atoms with van der Waals surface area (Å²) in [5.41, 5.74) is 2.76. The van der Waals surface area contributed by atoms with Crippen LogP contribution in [0.5, 0.6) is 5.75 Å². The number of nitrogens with zero attached hydrogens (tertiary/aromatic N) is 1. The lowest BCUT2D eigenvalue weighted by atomic mass is 10.0. The van der Waals surface area contributed by atoms with Crippen LogP contribution in [0.2, 0.25) is 0 Å². The minimum absolute atomic E-state index is 0.0628. The number of benzene rings is 1. The number of aromatic nitrogens is 1. The molecule has 1 aliphatic heterocycles. The normalized spacial score (nSPS) is 18.4. The van der Waals surface area contributed by atoms with Gasteiger partial charge in [0.15, 0.2) is 0 Å². The first-order valence-corrected chi connectivity index (χ1v) is 8.17. The fraction of sp³-hybridized carbons (Fsp3) is 0.421. The van der Waals surface area contributed by atoms with Crippen molar-refractivity contribution in [2.75, 3.05) is 0 Å². The molecule has 1 aliphatic rings. The highest BCUT2D eigenvalue weighted by molar-refractivity contribution is 5.39. The maximum Gasteiger partial charge on any atom is 0.205 e. The van der Waals surface area contributed by atoms with Gasteiger partial charge in [-0.2, -0.15) is 0 Å². The Morgan fingerprint density at radius 2 is 2.00 bits per heavy atom. The number of rotatable bonds is 4. The Kier molecular flexibility index (Phi) is 4.56. The van der Waals surface area contributed by atoms with Crippen LogP contribution in [-0.2, 0) is 11.3 Å². The molecule has 24 heavy (non-hydrogen) atoms. The van der Waals surface area contributed by atoms with Crippen LogP contribution >= 0.6 is 0 Å². The molecule has 2 heterocycles. The Morgan fingerprint density at radius 3 is 2.75 bits per heavy atom. The zero-order chi connectivity index (χ0) is 17.3. The van der Waals surface area contributed by atoms with E-state index in [1.165, 1.54) is 6.20 Å². The zero-order valence-electron chi connectivity index (χ0n) is 14.5. The monoisotopic (exact) mass is 330 g/mol. The van der Waals surface area contributed by atoms with Crippen LogP contribution in [0, 0.1) is 5.82 Å². The average molecular weight is 330 g/mol. The van der Waals surface area contributed by atoms with E-state index in [0.29, 0.717) is 12.2 Å². The lowest BCUT2D eigenvalue weighted by Crippen LogP contribution is -2.35. The summed E-state index contributed by atoms with van der Waals surface area (Å²) in [4.78, 5) is 3.79. The van der Waals surface area contributed by atoms with Crippen LogP contribution in [0.15, 0.2) is 36.7 Å².